The van der Waals surface area contributed by atoms with E-state index in [1.807, 2.05) is 39.5 Å². The van der Waals surface area contributed by atoms with Crippen LogP contribution in [0.1, 0.15) is 47.3 Å². The van der Waals surface area contributed by atoms with Crippen molar-refractivity contribution in [2.24, 2.45) is 0 Å². The molecule has 4 aromatic heterocycles. The van der Waals surface area contributed by atoms with E-state index in [1.54, 1.807) is 18.7 Å². The molecule has 36 heavy (non-hydrogen) atoms. The lowest BCUT2D eigenvalue weighted by Gasteiger charge is -2.09. The Kier molecular flexibility index (Phi) is 4.75. The number of hydrogen-bond donors (Lipinski definition) is 0. The standard InChI is InChI=1S/C26H20N8O2/c1-2-16-5-8-20-19(10-16)25-31-30-22(14-35-13-17-4-3-9-27-11-17)33(25)12-21-23(28-15-34(20)21)24-29-26(36-32-24)18-6-7-18/h1,3-5,8-11,15,18H,6-7,12-14H2. The van der Waals surface area contributed by atoms with E-state index in [9.17, 15) is 0 Å². The Labute approximate surface area is 206 Å². The summed E-state index contributed by atoms with van der Waals surface area (Å²) < 4.78 is 15.6. The Morgan fingerprint density at radius 1 is 1.17 bits per heavy atom. The number of nitrogens with zero attached hydrogens (tertiary/aromatic N) is 8. The summed E-state index contributed by atoms with van der Waals surface area (Å²) in [6.45, 7) is 1.16. The quantitative estimate of drug-likeness (QED) is 0.336. The van der Waals surface area contributed by atoms with Crippen molar-refractivity contribution in [2.75, 3.05) is 0 Å². The molecule has 5 aromatic rings. The van der Waals surface area contributed by atoms with Gasteiger partial charge in [0.05, 0.1) is 24.5 Å². The molecule has 10 heteroatoms. The average molecular weight is 477 g/mol. The molecule has 0 bridgehead atoms. The molecule has 1 saturated carbocycles. The fourth-order valence-electron chi connectivity index (χ4n) is 4.46. The van der Waals surface area contributed by atoms with Crippen LogP contribution in [0.25, 0.3) is 28.6 Å². The van der Waals surface area contributed by atoms with E-state index >= 15 is 0 Å². The van der Waals surface area contributed by atoms with Gasteiger partial charge in [-0.2, -0.15) is 4.98 Å². The number of terminal acetylenes is 1. The van der Waals surface area contributed by atoms with Gasteiger partial charge in [-0.05, 0) is 42.7 Å². The van der Waals surface area contributed by atoms with Crippen molar-refractivity contribution in [3.8, 4) is 40.9 Å². The zero-order valence-electron chi connectivity index (χ0n) is 19.2. The van der Waals surface area contributed by atoms with Crippen LogP contribution in [0.4, 0.5) is 0 Å². The van der Waals surface area contributed by atoms with Crippen LogP contribution in [-0.4, -0.2) is 39.4 Å². The van der Waals surface area contributed by atoms with Crippen molar-refractivity contribution in [3.05, 3.63) is 77.6 Å². The lowest BCUT2D eigenvalue weighted by Crippen LogP contribution is -2.10. The minimum Gasteiger partial charge on any atom is -0.369 e. The number of ether oxygens (including phenoxy) is 1. The van der Waals surface area contributed by atoms with Crippen LogP contribution in [0, 0.1) is 12.3 Å². The van der Waals surface area contributed by atoms with Gasteiger partial charge in [0, 0.05) is 29.4 Å². The number of hydrogen-bond acceptors (Lipinski definition) is 8. The molecule has 0 unspecified atom stereocenters. The minimum absolute atomic E-state index is 0.281. The van der Waals surface area contributed by atoms with Crippen molar-refractivity contribution in [3.63, 3.8) is 0 Å². The van der Waals surface area contributed by atoms with E-state index in [1.165, 1.54) is 0 Å². The van der Waals surface area contributed by atoms with Crippen LogP contribution in [0.15, 0.2) is 53.6 Å². The normalized spacial score (nSPS) is 14.0. The summed E-state index contributed by atoms with van der Waals surface area (Å²) >= 11 is 0. The monoisotopic (exact) mass is 476 g/mol. The van der Waals surface area contributed by atoms with Crippen molar-refractivity contribution in [1.29, 1.82) is 0 Å². The molecule has 1 fully saturated rings. The first kappa shape index (κ1) is 20.7. The maximum Gasteiger partial charge on any atom is 0.230 e. The minimum atomic E-state index is 0.281. The Bertz CT molecular complexity index is 1620. The highest BCUT2D eigenvalue weighted by molar-refractivity contribution is 5.72. The summed E-state index contributed by atoms with van der Waals surface area (Å²) in [7, 11) is 0. The zero-order valence-corrected chi connectivity index (χ0v) is 19.2. The van der Waals surface area contributed by atoms with Gasteiger partial charge in [0.2, 0.25) is 11.7 Å². The van der Waals surface area contributed by atoms with Crippen molar-refractivity contribution < 1.29 is 9.26 Å². The highest BCUT2D eigenvalue weighted by Crippen LogP contribution is 2.40. The van der Waals surface area contributed by atoms with Gasteiger partial charge in [-0.3, -0.25) is 9.55 Å². The SMILES string of the molecule is C#Cc1ccc2c(c1)-c1nnc(COCc3cccnc3)n1Cc1c(-c3noc(C4CC4)n3)ncn1-2. The predicted molar refractivity (Wildman–Crippen MR) is 128 cm³/mol. The van der Waals surface area contributed by atoms with E-state index in [0.717, 1.165) is 40.9 Å². The van der Waals surface area contributed by atoms with Crippen LogP contribution >= 0.6 is 0 Å². The number of rotatable bonds is 6. The maximum atomic E-state index is 5.97. The molecule has 7 rings (SSSR count). The first-order chi connectivity index (χ1) is 17.8. The fourth-order valence-corrected chi connectivity index (χ4v) is 4.46. The van der Waals surface area contributed by atoms with Crippen LogP contribution in [0.2, 0.25) is 0 Å². The molecule has 5 heterocycles. The molecule has 2 aliphatic rings. The second-order valence-corrected chi connectivity index (χ2v) is 8.90. The van der Waals surface area contributed by atoms with Crippen molar-refractivity contribution in [2.45, 2.75) is 38.5 Å². The maximum absolute atomic E-state index is 5.97. The van der Waals surface area contributed by atoms with Gasteiger partial charge in [-0.15, -0.1) is 16.6 Å². The first-order valence-corrected chi connectivity index (χ1v) is 11.7. The van der Waals surface area contributed by atoms with Gasteiger partial charge < -0.3 is 13.8 Å². The summed E-state index contributed by atoms with van der Waals surface area (Å²) in [4.78, 5) is 13.5. The zero-order chi connectivity index (χ0) is 24.1. The Morgan fingerprint density at radius 3 is 2.94 bits per heavy atom. The summed E-state index contributed by atoms with van der Waals surface area (Å²) in [6.07, 6.45) is 13.2. The van der Waals surface area contributed by atoms with Gasteiger partial charge in [0.1, 0.15) is 18.6 Å². The molecule has 0 saturated heterocycles. The van der Waals surface area contributed by atoms with E-state index in [4.69, 9.17) is 15.7 Å². The van der Waals surface area contributed by atoms with Gasteiger partial charge in [-0.25, -0.2) is 4.98 Å². The van der Waals surface area contributed by atoms with E-state index in [0.29, 0.717) is 48.1 Å². The number of aromatic nitrogens is 8. The molecule has 176 valence electrons. The molecule has 1 aromatic carbocycles. The number of fused-ring (bicyclic) bond motifs is 5. The van der Waals surface area contributed by atoms with Crippen LogP contribution < -0.4 is 0 Å². The summed E-state index contributed by atoms with van der Waals surface area (Å²) in [5, 5.41) is 13.2. The lowest BCUT2D eigenvalue weighted by molar-refractivity contribution is 0.0992. The summed E-state index contributed by atoms with van der Waals surface area (Å²) in [5.74, 6) is 5.64. The predicted octanol–water partition coefficient (Wildman–Crippen LogP) is 3.51. The third-order valence-electron chi connectivity index (χ3n) is 6.47. The third-order valence-corrected chi connectivity index (χ3v) is 6.47. The number of imidazole rings is 1. The lowest BCUT2D eigenvalue weighted by atomic mass is 10.1. The van der Waals surface area contributed by atoms with Gasteiger partial charge in [0.15, 0.2) is 11.6 Å². The molecule has 10 nitrogen and oxygen atoms in total. The highest BCUT2D eigenvalue weighted by atomic mass is 16.5. The average Bonchev–Trinajstić information content (AvgIpc) is 3.35. The molecule has 0 spiro atoms. The highest BCUT2D eigenvalue weighted by Gasteiger charge is 2.32. The Balaban J connectivity index is 1.30. The number of benzene rings is 1. The van der Waals surface area contributed by atoms with Gasteiger partial charge >= 0.3 is 0 Å². The molecular weight excluding hydrogens is 456 g/mol. The molecule has 0 radical (unpaired) electrons. The topological polar surface area (TPSA) is 110 Å². The Morgan fingerprint density at radius 2 is 2.11 bits per heavy atom. The van der Waals surface area contributed by atoms with E-state index < -0.39 is 0 Å². The van der Waals surface area contributed by atoms with Crippen LogP contribution in [0.5, 0.6) is 0 Å². The van der Waals surface area contributed by atoms with Crippen LogP contribution in [0.3, 0.4) is 0 Å². The largest absolute Gasteiger partial charge is 0.369 e. The molecule has 0 amide bonds. The second-order valence-electron chi connectivity index (χ2n) is 8.90. The molecular formula is C26H20N8O2. The van der Waals surface area contributed by atoms with E-state index in [2.05, 4.69) is 36.2 Å². The second kappa shape index (κ2) is 8.25. The molecule has 1 aliphatic carbocycles. The van der Waals surface area contributed by atoms with Crippen LogP contribution in [-0.2, 0) is 24.5 Å². The van der Waals surface area contributed by atoms with E-state index in [-0.39, 0.29) is 6.61 Å². The Hall–Kier alpha value is -4.62. The van der Waals surface area contributed by atoms with Gasteiger partial charge in [-0.1, -0.05) is 17.1 Å². The molecule has 0 atom stereocenters. The summed E-state index contributed by atoms with van der Waals surface area (Å²) in [5.41, 5.74) is 5.09. The van der Waals surface area contributed by atoms with Gasteiger partial charge in [0.25, 0.3) is 0 Å². The molecule has 1 aliphatic heterocycles. The number of pyridine rings is 1. The van der Waals surface area contributed by atoms with Crippen molar-refractivity contribution in [1.82, 2.24) is 39.4 Å². The smallest absolute Gasteiger partial charge is 0.230 e. The summed E-state index contributed by atoms with van der Waals surface area (Å²) in [6, 6.07) is 9.70. The molecule has 0 N–H and O–H groups in total. The fraction of sp³-hybridized carbons (Fsp3) is 0.231. The van der Waals surface area contributed by atoms with Crippen molar-refractivity contribution >= 4 is 0 Å². The first-order valence-electron chi connectivity index (χ1n) is 11.7. The third kappa shape index (κ3) is 3.49.